The van der Waals surface area contributed by atoms with E-state index in [1.54, 1.807) is 31.3 Å². The van der Waals surface area contributed by atoms with Gasteiger partial charge in [0.25, 0.3) is 15.9 Å². The van der Waals surface area contributed by atoms with Crippen LogP contribution in [0.2, 0.25) is 0 Å². The number of benzene rings is 2. The SMILES string of the molecule is CCc1cnc(CNC(=O)c2cc(S(=O)(=O)Nc3ccc(C)cc3)ccc2C)o1. The van der Waals surface area contributed by atoms with Crippen LogP contribution in [0.15, 0.2) is 58.0 Å². The van der Waals surface area contributed by atoms with Crippen LogP contribution in [0.25, 0.3) is 0 Å². The van der Waals surface area contributed by atoms with E-state index in [0.717, 1.165) is 11.3 Å². The van der Waals surface area contributed by atoms with Crippen LogP contribution in [-0.4, -0.2) is 19.3 Å². The van der Waals surface area contributed by atoms with E-state index in [0.29, 0.717) is 23.6 Å². The number of aryl methyl sites for hydroxylation is 3. The Hall–Kier alpha value is -3.13. The first-order chi connectivity index (χ1) is 13.8. The molecule has 3 rings (SSSR count). The third-order valence-corrected chi connectivity index (χ3v) is 5.80. The zero-order valence-electron chi connectivity index (χ0n) is 16.5. The van der Waals surface area contributed by atoms with Crippen LogP contribution in [0, 0.1) is 13.8 Å². The molecule has 0 aliphatic rings. The highest BCUT2D eigenvalue weighted by Crippen LogP contribution is 2.20. The molecule has 0 bridgehead atoms. The molecule has 0 spiro atoms. The van der Waals surface area contributed by atoms with Gasteiger partial charge >= 0.3 is 0 Å². The Balaban J connectivity index is 1.77. The molecule has 0 fully saturated rings. The molecular formula is C21H23N3O4S. The average molecular weight is 413 g/mol. The van der Waals surface area contributed by atoms with Crippen LogP contribution in [0.3, 0.4) is 0 Å². The van der Waals surface area contributed by atoms with Gasteiger partial charge in [0.1, 0.15) is 5.76 Å². The predicted molar refractivity (Wildman–Crippen MR) is 110 cm³/mol. The number of rotatable bonds is 7. The van der Waals surface area contributed by atoms with Crippen molar-refractivity contribution in [2.24, 2.45) is 0 Å². The number of nitrogens with one attached hydrogen (secondary N) is 2. The molecule has 0 saturated carbocycles. The Morgan fingerprint density at radius 1 is 1.10 bits per heavy atom. The third kappa shape index (κ3) is 5.03. The quantitative estimate of drug-likeness (QED) is 0.616. The van der Waals surface area contributed by atoms with Gasteiger partial charge in [0.15, 0.2) is 0 Å². The molecule has 0 aliphatic heterocycles. The highest BCUT2D eigenvalue weighted by molar-refractivity contribution is 7.92. The lowest BCUT2D eigenvalue weighted by atomic mass is 10.1. The van der Waals surface area contributed by atoms with Crippen LogP contribution in [-0.2, 0) is 23.0 Å². The molecule has 3 aromatic rings. The van der Waals surface area contributed by atoms with Gasteiger partial charge in [0.05, 0.1) is 17.6 Å². The summed E-state index contributed by atoms with van der Waals surface area (Å²) in [6.45, 7) is 5.74. The fourth-order valence-electron chi connectivity index (χ4n) is 2.69. The van der Waals surface area contributed by atoms with E-state index in [2.05, 4.69) is 15.0 Å². The molecule has 8 heteroatoms. The van der Waals surface area contributed by atoms with Crippen LogP contribution < -0.4 is 10.0 Å². The Kier molecular flexibility index (Phi) is 6.03. The van der Waals surface area contributed by atoms with Crippen molar-refractivity contribution in [1.29, 1.82) is 0 Å². The second-order valence-corrected chi connectivity index (χ2v) is 8.39. The van der Waals surface area contributed by atoms with E-state index in [1.807, 2.05) is 26.0 Å². The smallest absolute Gasteiger partial charge is 0.261 e. The first-order valence-electron chi connectivity index (χ1n) is 9.20. The molecule has 0 atom stereocenters. The number of carbonyl (C=O) groups excluding carboxylic acids is 1. The van der Waals surface area contributed by atoms with Crippen LogP contribution in [0.1, 0.15) is 40.1 Å². The van der Waals surface area contributed by atoms with Crippen molar-refractivity contribution < 1.29 is 17.6 Å². The van der Waals surface area contributed by atoms with Gasteiger partial charge in [-0.3, -0.25) is 9.52 Å². The van der Waals surface area contributed by atoms with Gasteiger partial charge in [0.2, 0.25) is 5.89 Å². The number of hydrogen-bond acceptors (Lipinski definition) is 5. The third-order valence-electron chi connectivity index (χ3n) is 4.42. The van der Waals surface area contributed by atoms with E-state index in [9.17, 15) is 13.2 Å². The van der Waals surface area contributed by atoms with Gasteiger partial charge in [-0.1, -0.05) is 30.7 Å². The Labute approximate surface area is 170 Å². The maximum absolute atomic E-state index is 12.7. The van der Waals surface area contributed by atoms with E-state index in [-0.39, 0.29) is 17.0 Å². The molecule has 7 nitrogen and oxygen atoms in total. The van der Waals surface area contributed by atoms with E-state index < -0.39 is 15.9 Å². The normalized spacial score (nSPS) is 11.3. The second kappa shape index (κ2) is 8.48. The molecule has 0 aliphatic carbocycles. The molecule has 1 amide bonds. The largest absolute Gasteiger partial charge is 0.444 e. The Bertz CT molecular complexity index is 1120. The second-order valence-electron chi connectivity index (χ2n) is 6.70. The van der Waals surface area contributed by atoms with Gasteiger partial charge in [-0.2, -0.15) is 0 Å². The summed E-state index contributed by atoms with van der Waals surface area (Å²) in [6.07, 6.45) is 2.34. The van der Waals surface area contributed by atoms with Gasteiger partial charge in [0, 0.05) is 17.7 Å². The molecular weight excluding hydrogens is 390 g/mol. The topological polar surface area (TPSA) is 101 Å². The molecule has 0 saturated heterocycles. The minimum absolute atomic E-state index is 0.0122. The summed E-state index contributed by atoms with van der Waals surface area (Å²) < 4.78 is 33.4. The van der Waals surface area contributed by atoms with Gasteiger partial charge in [-0.25, -0.2) is 13.4 Å². The molecule has 2 N–H and O–H groups in total. The summed E-state index contributed by atoms with van der Waals surface area (Å²) in [4.78, 5) is 16.7. The summed E-state index contributed by atoms with van der Waals surface area (Å²) in [7, 11) is -3.83. The Morgan fingerprint density at radius 2 is 1.83 bits per heavy atom. The van der Waals surface area contributed by atoms with Gasteiger partial charge < -0.3 is 9.73 Å². The molecule has 152 valence electrons. The summed E-state index contributed by atoms with van der Waals surface area (Å²) in [5.41, 5.74) is 2.43. The summed E-state index contributed by atoms with van der Waals surface area (Å²) in [5, 5.41) is 2.72. The van der Waals surface area contributed by atoms with Crippen LogP contribution in [0.4, 0.5) is 5.69 Å². The fourth-order valence-corrected chi connectivity index (χ4v) is 3.78. The van der Waals surface area contributed by atoms with E-state index >= 15 is 0 Å². The first kappa shape index (κ1) is 20.6. The zero-order valence-corrected chi connectivity index (χ0v) is 17.3. The maximum atomic E-state index is 12.7. The summed E-state index contributed by atoms with van der Waals surface area (Å²) in [5.74, 6) is 0.740. The lowest BCUT2D eigenvalue weighted by molar-refractivity contribution is 0.0946. The molecule has 0 radical (unpaired) electrons. The monoisotopic (exact) mass is 413 g/mol. The highest BCUT2D eigenvalue weighted by Gasteiger charge is 2.18. The molecule has 1 heterocycles. The number of nitrogens with zero attached hydrogens (tertiary/aromatic N) is 1. The zero-order chi connectivity index (χ0) is 21.0. The van der Waals surface area contributed by atoms with Crippen molar-refractivity contribution in [1.82, 2.24) is 10.3 Å². The predicted octanol–water partition coefficient (Wildman–Crippen LogP) is 3.58. The van der Waals surface area contributed by atoms with Crippen molar-refractivity contribution in [2.75, 3.05) is 4.72 Å². The van der Waals surface area contributed by atoms with Crippen molar-refractivity contribution in [2.45, 2.75) is 38.6 Å². The summed E-state index contributed by atoms with van der Waals surface area (Å²) >= 11 is 0. The van der Waals surface area contributed by atoms with Crippen LogP contribution >= 0.6 is 0 Å². The van der Waals surface area contributed by atoms with Crippen molar-refractivity contribution in [3.05, 3.63) is 77.0 Å². The number of anilines is 1. The van der Waals surface area contributed by atoms with Crippen LogP contribution in [0.5, 0.6) is 0 Å². The lowest BCUT2D eigenvalue weighted by Gasteiger charge is -2.11. The number of aromatic nitrogens is 1. The number of carbonyl (C=O) groups is 1. The van der Waals surface area contributed by atoms with Gasteiger partial charge in [-0.05, 0) is 43.7 Å². The number of oxazole rings is 1. The minimum atomic E-state index is -3.83. The number of amides is 1. The molecule has 29 heavy (non-hydrogen) atoms. The van der Waals surface area contributed by atoms with E-state index in [4.69, 9.17) is 4.42 Å². The molecule has 1 aromatic heterocycles. The highest BCUT2D eigenvalue weighted by atomic mass is 32.2. The average Bonchev–Trinajstić information content (AvgIpc) is 3.16. The molecule has 2 aromatic carbocycles. The van der Waals surface area contributed by atoms with Crippen molar-refractivity contribution in [3.8, 4) is 0 Å². The fraction of sp³-hybridized carbons (Fsp3) is 0.238. The Morgan fingerprint density at radius 3 is 2.48 bits per heavy atom. The van der Waals surface area contributed by atoms with E-state index in [1.165, 1.54) is 12.1 Å². The number of hydrogen-bond donors (Lipinski definition) is 2. The van der Waals surface area contributed by atoms with Gasteiger partial charge in [-0.15, -0.1) is 0 Å². The first-order valence-corrected chi connectivity index (χ1v) is 10.7. The standard InChI is InChI=1S/C21H23N3O4S/c1-4-17-12-22-20(28-17)13-23-21(25)19-11-18(10-7-15(19)3)29(26,27)24-16-8-5-14(2)6-9-16/h5-12,24H,4,13H2,1-3H3,(H,23,25). The van der Waals surface area contributed by atoms with Crippen molar-refractivity contribution >= 4 is 21.6 Å². The van der Waals surface area contributed by atoms with Crippen molar-refractivity contribution in [3.63, 3.8) is 0 Å². The summed E-state index contributed by atoms with van der Waals surface area (Å²) in [6, 6.07) is 11.5. The molecule has 0 unspecified atom stereocenters. The number of sulfonamides is 1. The lowest BCUT2D eigenvalue weighted by Crippen LogP contribution is -2.24. The maximum Gasteiger partial charge on any atom is 0.261 e. The minimum Gasteiger partial charge on any atom is -0.444 e.